The lowest BCUT2D eigenvalue weighted by Gasteiger charge is -2.17. The van der Waals surface area contributed by atoms with Crippen LogP contribution in [0.25, 0.3) is 0 Å². The summed E-state index contributed by atoms with van der Waals surface area (Å²) in [7, 11) is 0. The van der Waals surface area contributed by atoms with E-state index in [4.69, 9.17) is 5.11 Å². The summed E-state index contributed by atoms with van der Waals surface area (Å²) in [6.07, 6.45) is 32.4. The topological polar surface area (TPSA) is 66.4 Å². The molecule has 31 heavy (non-hydrogen) atoms. The van der Waals surface area contributed by atoms with Crippen LogP contribution in [0.1, 0.15) is 72.1 Å². The van der Waals surface area contributed by atoms with Gasteiger partial charge in [0.1, 0.15) is 6.04 Å². The van der Waals surface area contributed by atoms with Crippen molar-refractivity contribution in [3.63, 3.8) is 0 Å². The maximum Gasteiger partial charge on any atom is 0.326 e. The smallest absolute Gasteiger partial charge is 0.326 e. The molecule has 0 spiro atoms. The molecule has 0 aromatic heterocycles. The summed E-state index contributed by atoms with van der Waals surface area (Å²) in [5, 5.41) is 11.6. The number of allylic oxidation sites excluding steroid dienone is 12. The van der Waals surface area contributed by atoms with E-state index in [1.807, 2.05) is 12.2 Å². The quantitative estimate of drug-likeness (QED) is 0.254. The van der Waals surface area contributed by atoms with E-state index in [0.29, 0.717) is 12.8 Å². The largest absolute Gasteiger partial charge is 0.480 e. The lowest BCUT2D eigenvalue weighted by Crippen LogP contribution is -2.44. The molecule has 0 aromatic rings. The number of carboxylic acid groups (broad SMARTS) is 1. The van der Waals surface area contributed by atoms with Crippen molar-refractivity contribution in [2.75, 3.05) is 0 Å². The molecule has 0 rings (SSSR count). The van der Waals surface area contributed by atoms with Crippen LogP contribution in [0.15, 0.2) is 72.9 Å². The molecule has 0 radical (unpaired) electrons. The first kappa shape index (κ1) is 28.4. The molecule has 0 aliphatic rings. The minimum atomic E-state index is -0.989. The molecule has 0 bridgehead atoms. The fraction of sp³-hybridized carbons (Fsp3) is 0.481. The fourth-order valence-corrected chi connectivity index (χ4v) is 2.61. The van der Waals surface area contributed by atoms with Gasteiger partial charge in [-0.3, -0.25) is 4.79 Å². The Morgan fingerprint density at radius 3 is 1.45 bits per heavy atom. The number of carboxylic acids is 1. The Labute approximate surface area is 189 Å². The van der Waals surface area contributed by atoms with E-state index in [0.717, 1.165) is 38.5 Å². The van der Waals surface area contributed by atoms with Crippen molar-refractivity contribution in [2.45, 2.75) is 78.2 Å². The van der Waals surface area contributed by atoms with Gasteiger partial charge < -0.3 is 10.4 Å². The standard InChI is InChI=1S/C27H41NO3/c1-4-5-6-7-8-9-10-11-12-13-14-15-16-17-18-19-20-21-22-23-25(29)28-26(24(2)3)27(30)31/h5-6,8-9,11-12,14-15,17-18,20-21,24,26H,4,7,10,13,16,19,22-23H2,1-3H3,(H,28,29)(H,30,31)/b6-5+,9-8+,12-11+,15-14+,18-17+,21-20+. The van der Waals surface area contributed by atoms with Crippen molar-refractivity contribution in [3.05, 3.63) is 72.9 Å². The lowest BCUT2D eigenvalue weighted by molar-refractivity contribution is -0.143. The van der Waals surface area contributed by atoms with Crippen molar-refractivity contribution in [2.24, 2.45) is 5.92 Å². The van der Waals surface area contributed by atoms with Crippen LogP contribution in [-0.2, 0) is 9.59 Å². The molecular formula is C27H41NO3. The van der Waals surface area contributed by atoms with E-state index < -0.39 is 12.0 Å². The summed E-state index contributed by atoms with van der Waals surface area (Å²) in [6.45, 7) is 5.71. The highest BCUT2D eigenvalue weighted by Crippen LogP contribution is 2.03. The Hall–Kier alpha value is -2.62. The fourth-order valence-electron chi connectivity index (χ4n) is 2.61. The SMILES string of the molecule is CC/C=C/C/C=C/C/C=C/C/C=C/C/C=C/C/C=C/CCC(=O)NC(C(=O)O)C(C)C. The molecule has 4 heteroatoms. The molecule has 1 amide bonds. The average molecular weight is 428 g/mol. The van der Waals surface area contributed by atoms with E-state index in [-0.39, 0.29) is 11.8 Å². The molecule has 4 nitrogen and oxygen atoms in total. The molecule has 0 saturated carbocycles. The van der Waals surface area contributed by atoms with Crippen LogP contribution in [0.4, 0.5) is 0 Å². The van der Waals surface area contributed by atoms with Crippen LogP contribution >= 0.6 is 0 Å². The zero-order valence-electron chi connectivity index (χ0n) is 19.5. The average Bonchev–Trinajstić information content (AvgIpc) is 2.73. The molecule has 2 N–H and O–H groups in total. The van der Waals surface area contributed by atoms with Gasteiger partial charge in [-0.15, -0.1) is 0 Å². The number of hydrogen-bond donors (Lipinski definition) is 2. The van der Waals surface area contributed by atoms with E-state index in [1.54, 1.807) is 13.8 Å². The minimum Gasteiger partial charge on any atom is -0.480 e. The third-order valence-electron chi connectivity index (χ3n) is 4.38. The maximum absolute atomic E-state index is 11.8. The Morgan fingerprint density at radius 2 is 1.10 bits per heavy atom. The number of carbonyl (C=O) groups excluding carboxylic acids is 1. The van der Waals surface area contributed by atoms with Gasteiger partial charge in [0.25, 0.3) is 0 Å². The van der Waals surface area contributed by atoms with Gasteiger partial charge in [-0.25, -0.2) is 4.79 Å². The Balaban J connectivity index is 3.76. The monoisotopic (exact) mass is 427 g/mol. The second-order valence-corrected chi connectivity index (χ2v) is 7.58. The van der Waals surface area contributed by atoms with Gasteiger partial charge in [0.15, 0.2) is 0 Å². The summed E-state index contributed by atoms with van der Waals surface area (Å²) in [6, 6.07) is -0.822. The van der Waals surface area contributed by atoms with E-state index in [9.17, 15) is 9.59 Å². The highest BCUT2D eigenvalue weighted by atomic mass is 16.4. The predicted octanol–water partition coefficient (Wildman–Crippen LogP) is 6.69. The van der Waals surface area contributed by atoms with Crippen LogP contribution in [0.2, 0.25) is 0 Å². The number of aliphatic carboxylic acids is 1. The summed E-state index contributed by atoms with van der Waals surface area (Å²) in [5.74, 6) is -1.34. The zero-order chi connectivity index (χ0) is 23.2. The van der Waals surface area contributed by atoms with Crippen molar-refractivity contribution in [3.8, 4) is 0 Å². The molecule has 0 aliphatic heterocycles. The number of amides is 1. The van der Waals surface area contributed by atoms with Gasteiger partial charge in [-0.2, -0.15) is 0 Å². The van der Waals surface area contributed by atoms with Crippen molar-refractivity contribution >= 4 is 11.9 Å². The summed E-state index contributed by atoms with van der Waals surface area (Å²) in [4.78, 5) is 22.9. The first-order valence-electron chi connectivity index (χ1n) is 11.4. The second-order valence-electron chi connectivity index (χ2n) is 7.58. The van der Waals surface area contributed by atoms with Crippen molar-refractivity contribution < 1.29 is 14.7 Å². The molecule has 172 valence electrons. The lowest BCUT2D eigenvalue weighted by atomic mass is 10.0. The van der Waals surface area contributed by atoms with Crippen LogP contribution in [0.5, 0.6) is 0 Å². The minimum absolute atomic E-state index is 0.132. The van der Waals surface area contributed by atoms with Crippen LogP contribution < -0.4 is 5.32 Å². The maximum atomic E-state index is 11.8. The molecule has 0 fully saturated rings. The van der Waals surface area contributed by atoms with Gasteiger partial charge in [-0.05, 0) is 50.9 Å². The molecule has 0 aliphatic carbocycles. The van der Waals surface area contributed by atoms with Gasteiger partial charge in [-0.1, -0.05) is 93.7 Å². The first-order valence-corrected chi connectivity index (χ1v) is 11.4. The van der Waals surface area contributed by atoms with Gasteiger partial charge in [0.05, 0.1) is 0 Å². The van der Waals surface area contributed by atoms with Gasteiger partial charge >= 0.3 is 5.97 Å². The number of nitrogens with one attached hydrogen (secondary N) is 1. The number of carbonyl (C=O) groups is 2. The van der Waals surface area contributed by atoms with Crippen molar-refractivity contribution in [1.29, 1.82) is 0 Å². The summed E-state index contributed by atoms with van der Waals surface area (Å²) in [5.41, 5.74) is 0. The third-order valence-corrected chi connectivity index (χ3v) is 4.38. The Morgan fingerprint density at radius 1 is 0.710 bits per heavy atom. The highest BCUT2D eigenvalue weighted by molar-refractivity contribution is 5.83. The molecule has 0 heterocycles. The Bertz CT molecular complexity index is 651. The normalized spacial score (nSPS) is 13.8. The second kappa shape index (κ2) is 20.6. The van der Waals surface area contributed by atoms with Crippen LogP contribution in [0, 0.1) is 5.92 Å². The molecule has 0 saturated heterocycles. The zero-order valence-corrected chi connectivity index (χ0v) is 19.5. The summed E-state index contributed by atoms with van der Waals surface area (Å²) < 4.78 is 0. The van der Waals surface area contributed by atoms with Gasteiger partial charge in [0.2, 0.25) is 5.91 Å². The summed E-state index contributed by atoms with van der Waals surface area (Å²) >= 11 is 0. The Kier molecular flexibility index (Phi) is 18.9. The molecule has 1 atom stereocenters. The number of rotatable bonds is 17. The predicted molar refractivity (Wildman–Crippen MR) is 132 cm³/mol. The van der Waals surface area contributed by atoms with Crippen LogP contribution in [-0.4, -0.2) is 23.0 Å². The van der Waals surface area contributed by atoms with E-state index >= 15 is 0 Å². The highest BCUT2D eigenvalue weighted by Gasteiger charge is 2.22. The molecular weight excluding hydrogens is 386 g/mol. The first-order chi connectivity index (χ1) is 15.0. The van der Waals surface area contributed by atoms with Crippen LogP contribution in [0.3, 0.4) is 0 Å². The number of hydrogen-bond acceptors (Lipinski definition) is 2. The molecule has 1 unspecified atom stereocenters. The van der Waals surface area contributed by atoms with E-state index in [1.165, 1.54) is 0 Å². The van der Waals surface area contributed by atoms with Crippen molar-refractivity contribution in [1.82, 2.24) is 5.32 Å². The third kappa shape index (κ3) is 19.1. The van der Waals surface area contributed by atoms with Gasteiger partial charge in [0, 0.05) is 6.42 Å². The van der Waals surface area contributed by atoms with E-state index in [2.05, 4.69) is 73.0 Å². The molecule has 0 aromatic carbocycles.